The van der Waals surface area contributed by atoms with Crippen LogP contribution in [0.3, 0.4) is 0 Å². The van der Waals surface area contributed by atoms with Crippen LogP contribution in [0.15, 0.2) is 211 Å². The van der Waals surface area contributed by atoms with Gasteiger partial charge in [0.2, 0.25) is 0 Å². The van der Waals surface area contributed by atoms with Gasteiger partial charge in [-0.05, 0) is 160 Å². The van der Waals surface area contributed by atoms with Gasteiger partial charge < -0.3 is 23.3 Å². The van der Waals surface area contributed by atoms with Crippen LogP contribution < -0.4 is 0 Å². The molecule has 6 aromatic rings. The van der Waals surface area contributed by atoms with Crippen molar-refractivity contribution in [3.63, 3.8) is 0 Å². The van der Waals surface area contributed by atoms with Crippen LogP contribution in [0.2, 0.25) is 0 Å². The van der Waals surface area contributed by atoms with Crippen molar-refractivity contribution in [2.45, 2.75) is 92.9 Å². The van der Waals surface area contributed by atoms with Crippen LogP contribution >= 0.6 is 0 Å². The first-order chi connectivity index (χ1) is 35.7. The van der Waals surface area contributed by atoms with E-state index in [1.54, 1.807) is 0 Å². The van der Waals surface area contributed by atoms with E-state index in [0.717, 1.165) is 32.1 Å². The first-order valence-corrected chi connectivity index (χ1v) is 30.9. The number of esters is 2. The second kappa shape index (κ2) is 24.2. The molecule has 388 valence electrons. The highest BCUT2D eigenvalue weighted by Crippen LogP contribution is 2.60. The first-order valence-electron chi connectivity index (χ1n) is 25.3. The summed E-state index contributed by atoms with van der Waals surface area (Å²) in [5.74, 6) is 0.286. The second-order valence-electron chi connectivity index (χ2n) is 20.2. The van der Waals surface area contributed by atoms with Crippen LogP contribution in [0, 0.1) is 40.9 Å². The Balaban J connectivity index is 0.000000121. The monoisotopic (exact) mass is 1070 g/mol. The van der Waals surface area contributed by atoms with Crippen molar-refractivity contribution in [3.05, 3.63) is 182 Å². The molecule has 5 unspecified atom stereocenters. The molecule has 1 aliphatic heterocycles. The van der Waals surface area contributed by atoms with Gasteiger partial charge in [-0.25, -0.2) is 16.8 Å². The van der Waals surface area contributed by atoms with E-state index >= 15 is 0 Å². The van der Waals surface area contributed by atoms with E-state index in [1.165, 1.54) is 48.6 Å². The first kappa shape index (κ1) is 53.6. The zero-order valence-corrected chi connectivity index (χ0v) is 44.3. The number of carbonyl (C=O) groups is 2. The molecule has 6 aliphatic carbocycles. The molecule has 0 aromatic heterocycles. The lowest BCUT2D eigenvalue weighted by Gasteiger charge is -2.55. The predicted octanol–water partition coefficient (Wildman–Crippen LogP) is 10.4. The van der Waals surface area contributed by atoms with Crippen LogP contribution in [-0.2, 0) is 65.8 Å². The summed E-state index contributed by atoms with van der Waals surface area (Å²) in [6, 6.07) is 64.3. The molecule has 74 heavy (non-hydrogen) atoms. The Morgan fingerprint density at radius 1 is 0.514 bits per heavy atom. The summed E-state index contributed by atoms with van der Waals surface area (Å²) < 4.78 is 78.6. The molecule has 13 rings (SSSR count). The third-order valence-electron chi connectivity index (χ3n) is 15.0. The fraction of sp³-hybridized carbons (Fsp3) is 0.356. The Kier molecular flexibility index (Phi) is 17.5. The van der Waals surface area contributed by atoms with Crippen molar-refractivity contribution in [2.75, 3.05) is 24.7 Å². The van der Waals surface area contributed by atoms with Crippen molar-refractivity contribution >= 4 is 54.0 Å². The minimum Gasteiger partial charge on any atom is -0.748 e. The van der Waals surface area contributed by atoms with Crippen molar-refractivity contribution in [3.8, 4) is 0 Å². The van der Waals surface area contributed by atoms with Gasteiger partial charge in [-0.3, -0.25) is 9.59 Å². The fourth-order valence-electron chi connectivity index (χ4n) is 12.4. The van der Waals surface area contributed by atoms with E-state index < -0.39 is 37.7 Å². The Bertz CT molecular complexity index is 2640. The molecule has 6 bridgehead atoms. The Morgan fingerprint density at radius 2 is 0.878 bits per heavy atom. The minimum atomic E-state index is -4.56. The molecular formula is C59H62O11S4. The summed E-state index contributed by atoms with van der Waals surface area (Å²) >= 11 is 0. The SMILES string of the molecule is O=C(CS(=O)(=O)[O-])OC1C2CC3COC1C3C2.O=C(OCCS(=O)(=O)[O-])C12CC3CC(CC(C3)C1)C2.c1ccc([S+](c2ccccc2)c2ccccc2)cc1.c1ccc([S+](c2ccccc2)c2ccccc2)cc1. The number of benzene rings is 6. The van der Waals surface area contributed by atoms with E-state index in [4.69, 9.17) is 14.2 Å². The zero-order chi connectivity index (χ0) is 51.7. The van der Waals surface area contributed by atoms with Gasteiger partial charge in [0, 0.05) is 0 Å². The highest BCUT2D eigenvalue weighted by atomic mass is 32.2. The van der Waals surface area contributed by atoms with Gasteiger partial charge in [0.25, 0.3) is 0 Å². The maximum absolute atomic E-state index is 12.3. The summed E-state index contributed by atoms with van der Waals surface area (Å²) in [6.45, 7) is 0.409. The molecule has 1 heterocycles. The summed E-state index contributed by atoms with van der Waals surface area (Å²) in [5.41, 5.74) is -0.374. The summed E-state index contributed by atoms with van der Waals surface area (Å²) in [7, 11) is -8.89. The molecule has 15 heteroatoms. The molecular weight excluding hydrogens is 1010 g/mol. The van der Waals surface area contributed by atoms with Crippen molar-refractivity contribution < 1.29 is 49.7 Å². The van der Waals surface area contributed by atoms with E-state index in [1.807, 2.05) is 0 Å². The molecule has 0 amide bonds. The third kappa shape index (κ3) is 13.8. The van der Waals surface area contributed by atoms with Gasteiger partial charge >= 0.3 is 11.9 Å². The van der Waals surface area contributed by atoms with Crippen molar-refractivity contribution in [2.24, 2.45) is 40.9 Å². The Labute approximate surface area is 441 Å². The van der Waals surface area contributed by atoms with Crippen LogP contribution in [0.1, 0.15) is 51.4 Å². The molecule has 0 spiro atoms. The molecule has 0 N–H and O–H groups in total. The van der Waals surface area contributed by atoms with Gasteiger partial charge in [-0.2, -0.15) is 0 Å². The number of hydrogen-bond donors (Lipinski definition) is 0. The summed E-state index contributed by atoms with van der Waals surface area (Å²) in [4.78, 5) is 31.7. The van der Waals surface area contributed by atoms with Gasteiger partial charge in [-0.15, -0.1) is 0 Å². The number of carbonyl (C=O) groups excluding carboxylic acids is 2. The molecule has 6 saturated carbocycles. The maximum atomic E-state index is 12.3. The van der Waals surface area contributed by atoms with Crippen LogP contribution in [0.5, 0.6) is 0 Å². The number of fused-ring (bicyclic) bond motifs is 1. The average Bonchev–Trinajstić information content (AvgIpc) is 4.06. The third-order valence-corrected chi connectivity index (χ3v) is 20.7. The standard InChI is InChI=1S/2C18H15S.C13H20O5S.C10H14O6S/c2*1-4-10-16(11-5-1)19(17-12-6-2-7-13-17)18-14-8-3-9-15-18;14-12(18-1-2-19(15,16)17)13-6-9-3-10(7-13)5-11(4-9)8-13;11-8(4-17(12,13)14)16-9-5-1-6-3-15-10(9)7(6)2-5/h2*1-15H;9-11H,1-8H2,(H,15,16,17);5-7,9-10H,1-4H2,(H,12,13,14)/q2*+1;;/p-2. The number of ether oxygens (including phenoxy) is 3. The van der Waals surface area contributed by atoms with E-state index in [-0.39, 0.29) is 57.9 Å². The largest absolute Gasteiger partial charge is 0.748 e. The maximum Gasteiger partial charge on any atom is 0.320 e. The van der Waals surface area contributed by atoms with Gasteiger partial charge in [0.15, 0.2) is 29.4 Å². The Morgan fingerprint density at radius 3 is 1.22 bits per heavy atom. The molecule has 1 saturated heterocycles. The Hall–Kier alpha value is -5.26. The number of rotatable bonds is 13. The summed E-state index contributed by atoms with van der Waals surface area (Å²) in [6.07, 6.45) is 7.90. The van der Waals surface area contributed by atoms with Crippen LogP contribution in [0.4, 0.5) is 0 Å². The van der Waals surface area contributed by atoms with Crippen molar-refractivity contribution in [1.29, 1.82) is 0 Å². The van der Waals surface area contributed by atoms with E-state index in [9.17, 15) is 35.5 Å². The van der Waals surface area contributed by atoms with E-state index in [2.05, 4.69) is 182 Å². The van der Waals surface area contributed by atoms with Gasteiger partial charge in [0.05, 0.1) is 55.8 Å². The number of hydrogen-bond acceptors (Lipinski definition) is 11. The van der Waals surface area contributed by atoms with E-state index in [0.29, 0.717) is 36.2 Å². The lowest BCUT2D eigenvalue weighted by molar-refractivity contribution is -0.170. The predicted molar refractivity (Wildman–Crippen MR) is 283 cm³/mol. The quantitative estimate of drug-likeness (QED) is 0.0611. The smallest absolute Gasteiger partial charge is 0.320 e. The van der Waals surface area contributed by atoms with Crippen LogP contribution in [-0.4, -0.2) is 74.8 Å². The highest BCUT2D eigenvalue weighted by molar-refractivity contribution is 7.97. The van der Waals surface area contributed by atoms with Crippen LogP contribution in [0.25, 0.3) is 0 Å². The fourth-order valence-corrected chi connectivity index (χ4v) is 17.3. The molecule has 7 aliphatic rings. The lowest BCUT2D eigenvalue weighted by Crippen LogP contribution is -2.50. The van der Waals surface area contributed by atoms with Gasteiger partial charge in [0.1, 0.15) is 28.6 Å². The lowest BCUT2D eigenvalue weighted by atomic mass is 9.49. The zero-order valence-electron chi connectivity index (χ0n) is 41.0. The minimum absolute atomic E-state index is 0.0146. The molecule has 11 nitrogen and oxygen atoms in total. The van der Waals surface area contributed by atoms with Crippen molar-refractivity contribution in [1.82, 2.24) is 0 Å². The summed E-state index contributed by atoms with van der Waals surface area (Å²) in [5, 5.41) is 0. The second-order valence-corrected chi connectivity index (χ2v) is 27.2. The molecule has 7 fully saturated rings. The normalized spacial score (nSPS) is 25.7. The molecule has 0 radical (unpaired) electrons. The molecule has 5 atom stereocenters. The topological polar surface area (TPSA) is 176 Å². The van der Waals surface area contributed by atoms with Gasteiger partial charge in [-0.1, -0.05) is 109 Å². The average molecular weight is 1080 g/mol. The molecule has 6 aromatic carbocycles. The highest BCUT2D eigenvalue weighted by Gasteiger charge is 2.59.